The molecule has 0 radical (unpaired) electrons. The van der Waals surface area contributed by atoms with Gasteiger partial charge in [-0.15, -0.1) is 0 Å². The molecule has 0 aliphatic carbocycles. The molecule has 5 heteroatoms. The molecule has 0 atom stereocenters. The number of likely N-dealkylation sites (N-methyl/N-ethyl adjacent to an activating group) is 1. The first-order valence-electron chi connectivity index (χ1n) is 7.30. The van der Waals surface area contributed by atoms with Gasteiger partial charge in [-0.3, -0.25) is 4.79 Å². The number of halogens is 1. The molecule has 2 rings (SSSR count). The van der Waals surface area contributed by atoms with Crippen LogP contribution in [0, 0.1) is 0 Å². The van der Waals surface area contributed by atoms with Crippen molar-refractivity contribution in [3.63, 3.8) is 0 Å². The van der Waals surface area contributed by atoms with Crippen LogP contribution >= 0.6 is 15.9 Å². The lowest BCUT2D eigenvalue weighted by atomic mass is 10.1. The zero-order valence-electron chi connectivity index (χ0n) is 13.1. The Morgan fingerprint density at radius 1 is 1.13 bits per heavy atom. The quantitative estimate of drug-likeness (QED) is 0.746. The predicted octanol–water partition coefficient (Wildman–Crippen LogP) is 3.83. The maximum absolute atomic E-state index is 12.5. The third kappa shape index (κ3) is 4.42. The van der Waals surface area contributed by atoms with Crippen LogP contribution in [0.25, 0.3) is 0 Å². The van der Waals surface area contributed by atoms with Crippen molar-refractivity contribution in [2.75, 3.05) is 18.6 Å². The summed E-state index contributed by atoms with van der Waals surface area (Å²) in [4.78, 5) is 26.0. The van der Waals surface area contributed by atoms with Crippen molar-refractivity contribution in [3.8, 4) is 0 Å². The molecular formula is C18H18BrNO3. The normalized spacial score (nSPS) is 10.2. The fourth-order valence-corrected chi connectivity index (χ4v) is 2.67. The van der Waals surface area contributed by atoms with Crippen molar-refractivity contribution < 1.29 is 14.3 Å². The lowest BCUT2D eigenvalue weighted by Crippen LogP contribution is -2.29. The Balaban J connectivity index is 2.21. The Morgan fingerprint density at radius 2 is 1.87 bits per heavy atom. The monoisotopic (exact) mass is 375 g/mol. The number of carbonyl (C=O) groups is 2. The van der Waals surface area contributed by atoms with Gasteiger partial charge in [0.05, 0.1) is 24.3 Å². The molecule has 0 spiro atoms. The van der Waals surface area contributed by atoms with Gasteiger partial charge in [0, 0.05) is 11.5 Å². The van der Waals surface area contributed by atoms with Crippen molar-refractivity contribution in [2.24, 2.45) is 0 Å². The average molecular weight is 376 g/mol. The van der Waals surface area contributed by atoms with Crippen LogP contribution in [0.2, 0.25) is 0 Å². The second-order valence-corrected chi connectivity index (χ2v) is 5.91. The van der Waals surface area contributed by atoms with Gasteiger partial charge in [-0.05, 0) is 36.8 Å². The molecule has 1 amide bonds. The molecule has 4 nitrogen and oxygen atoms in total. The van der Waals surface area contributed by atoms with Crippen molar-refractivity contribution in [1.29, 1.82) is 0 Å². The summed E-state index contributed by atoms with van der Waals surface area (Å²) in [7, 11) is 1.67. The van der Waals surface area contributed by atoms with Crippen LogP contribution in [-0.2, 0) is 16.0 Å². The maximum atomic E-state index is 12.5. The molecule has 0 bridgehead atoms. The highest BCUT2D eigenvalue weighted by molar-refractivity contribution is 9.10. The Kier molecular flexibility index (Phi) is 5.93. The largest absolute Gasteiger partial charge is 0.462 e. The zero-order valence-corrected chi connectivity index (χ0v) is 14.7. The Bertz CT molecular complexity index is 715. The molecule has 0 unspecified atom stereocenters. The van der Waals surface area contributed by atoms with Crippen LogP contribution in [0.1, 0.15) is 22.8 Å². The minimum Gasteiger partial charge on any atom is -0.462 e. The highest BCUT2D eigenvalue weighted by Crippen LogP contribution is 2.21. The van der Waals surface area contributed by atoms with Crippen LogP contribution in [0.15, 0.2) is 53.0 Å². The molecule has 2 aromatic carbocycles. The van der Waals surface area contributed by atoms with Gasteiger partial charge >= 0.3 is 5.97 Å². The lowest BCUT2D eigenvalue weighted by molar-refractivity contribution is -0.117. The van der Waals surface area contributed by atoms with Crippen LogP contribution < -0.4 is 4.90 Å². The van der Waals surface area contributed by atoms with Crippen molar-refractivity contribution in [2.45, 2.75) is 13.3 Å². The summed E-state index contributed by atoms with van der Waals surface area (Å²) in [5.41, 5.74) is 1.84. The first-order chi connectivity index (χ1) is 11.0. The summed E-state index contributed by atoms with van der Waals surface area (Å²) in [5.74, 6) is -0.523. The van der Waals surface area contributed by atoms with Crippen molar-refractivity contribution in [1.82, 2.24) is 0 Å². The van der Waals surface area contributed by atoms with E-state index in [1.165, 1.54) is 4.90 Å². The molecule has 0 heterocycles. The van der Waals surface area contributed by atoms with E-state index in [1.807, 2.05) is 24.3 Å². The Labute approximate surface area is 144 Å². The van der Waals surface area contributed by atoms with E-state index in [1.54, 1.807) is 38.2 Å². The van der Waals surface area contributed by atoms with Gasteiger partial charge < -0.3 is 9.64 Å². The van der Waals surface area contributed by atoms with Gasteiger partial charge in [0.1, 0.15) is 0 Å². The number of amides is 1. The molecule has 0 fully saturated rings. The molecule has 0 saturated carbocycles. The third-order valence-electron chi connectivity index (χ3n) is 3.38. The zero-order chi connectivity index (χ0) is 16.8. The first-order valence-corrected chi connectivity index (χ1v) is 8.09. The summed E-state index contributed by atoms with van der Waals surface area (Å²) in [6, 6.07) is 14.5. The number of para-hydroxylation sites is 1. The molecule has 0 saturated heterocycles. The van der Waals surface area contributed by atoms with Gasteiger partial charge in [0.15, 0.2) is 0 Å². The molecule has 0 N–H and O–H groups in total. The fourth-order valence-electron chi connectivity index (χ4n) is 2.22. The van der Waals surface area contributed by atoms with Crippen LogP contribution in [0.5, 0.6) is 0 Å². The number of esters is 1. The SMILES string of the molecule is CCOC(=O)c1ccccc1N(C)C(=O)Cc1cccc(Br)c1. The van der Waals surface area contributed by atoms with Crippen LogP contribution in [-0.4, -0.2) is 25.5 Å². The van der Waals surface area contributed by atoms with Gasteiger partial charge in [-0.1, -0.05) is 40.2 Å². The molecule has 0 aromatic heterocycles. The van der Waals surface area contributed by atoms with E-state index in [0.29, 0.717) is 17.9 Å². The number of benzene rings is 2. The fraction of sp³-hybridized carbons (Fsp3) is 0.222. The van der Waals surface area contributed by atoms with Crippen LogP contribution in [0.4, 0.5) is 5.69 Å². The number of nitrogens with zero attached hydrogens (tertiary/aromatic N) is 1. The van der Waals surface area contributed by atoms with Crippen molar-refractivity contribution >= 4 is 33.5 Å². The summed E-state index contributed by atoms with van der Waals surface area (Å²) in [6.45, 7) is 2.05. The second-order valence-electron chi connectivity index (χ2n) is 5.00. The maximum Gasteiger partial charge on any atom is 0.340 e. The number of anilines is 1. The topological polar surface area (TPSA) is 46.6 Å². The standard InChI is InChI=1S/C18H18BrNO3/c1-3-23-18(22)15-9-4-5-10-16(15)20(2)17(21)12-13-7-6-8-14(19)11-13/h4-11H,3,12H2,1-2H3. The Hall–Kier alpha value is -2.14. The number of hydrogen-bond donors (Lipinski definition) is 0. The smallest absolute Gasteiger partial charge is 0.340 e. The van der Waals surface area contributed by atoms with E-state index in [4.69, 9.17) is 4.74 Å². The van der Waals surface area contributed by atoms with Crippen molar-refractivity contribution in [3.05, 3.63) is 64.1 Å². The van der Waals surface area contributed by atoms with E-state index in [9.17, 15) is 9.59 Å². The van der Waals surface area contributed by atoms with E-state index < -0.39 is 5.97 Å². The summed E-state index contributed by atoms with van der Waals surface area (Å²) >= 11 is 3.40. The molecule has 120 valence electrons. The highest BCUT2D eigenvalue weighted by atomic mass is 79.9. The number of ether oxygens (including phenoxy) is 1. The van der Waals surface area contributed by atoms with Gasteiger partial charge in [0.25, 0.3) is 0 Å². The molecule has 0 aliphatic rings. The minimum atomic E-state index is -0.426. The third-order valence-corrected chi connectivity index (χ3v) is 3.87. The van der Waals surface area contributed by atoms with Gasteiger partial charge in [-0.2, -0.15) is 0 Å². The van der Waals surface area contributed by atoms with E-state index in [0.717, 1.165) is 10.0 Å². The predicted molar refractivity (Wildman–Crippen MR) is 93.7 cm³/mol. The second kappa shape index (κ2) is 7.92. The number of hydrogen-bond acceptors (Lipinski definition) is 3. The highest BCUT2D eigenvalue weighted by Gasteiger charge is 2.19. The van der Waals surface area contributed by atoms with Crippen LogP contribution in [0.3, 0.4) is 0 Å². The molecule has 0 aliphatic heterocycles. The first kappa shape index (κ1) is 17.2. The molecule has 23 heavy (non-hydrogen) atoms. The Morgan fingerprint density at radius 3 is 2.57 bits per heavy atom. The van der Waals surface area contributed by atoms with E-state index in [2.05, 4.69) is 15.9 Å². The van der Waals surface area contributed by atoms with E-state index >= 15 is 0 Å². The average Bonchev–Trinajstić information content (AvgIpc) is 2.54. The van der Waals surface area contributed by atoms with Gasteiger partial charge in [0.2, 0.25) is 5.91 Å². The lowest BCUT2D eigenvalue weighted by Gasteiger charge is -2.20. The summed E-state index contributed by atoms with van der Waals surface area (Å²) in [5, 5.41) is 0. The molecular weight excluding hydrogens is 358 g/mol. The van der Waals surface area contributed by atoms with E-state index in [-0.39, 0.29) is 12.3 Å². The summed E-state index contributed by atoms with van der Waals surface area (Å²) in [6.07, 6.45) is 0.257. The molecule has 2 aromatic rings. The summed E-state index contributed by atoms with van der Waals surface area (Å²) < 4.78 is 5.98. The number of carbonyl (C=O) groups excluding carboxylic acids is 2. The number of rotatable bonds is 5. The minimum absolute atomic E-state index is 0.0974. The van der Waals surface area contributed by atoms with Gasteiger partial charge in [-0.25, -0.2) is 4.79 Å².